The van der Waals surface area contributed by atoms with E-state index in [0.29, 0.717) is 24.4 Å². The smallest absolute Gasteiger partial charge is 0.251 e. The van der Waals surface area contributed by atoms with Crippen molar-refractivity contribution in [2.75, 3.05) is 6.54 Å². The van der Waals surface area contributed by atoms with E-state index in [1.54, 1.807) is 25.3 Å². The number of benzene rings is 1. The molecule has 0 fully saturated rings. The Morgan fingerprint density at radius 3 is 3.00 bits per heavy atom. The summed E-state index contributed by atoms with van der Waals surface area (Å²) in [6, 6.07) is 7.28. The molecule has 94 valence electrons. The summed E-state index contributed by atoms with van der Waals surface area (Å²) in [5.74, 6) is 0.555. The van der Waals surface area contributed by atoms with Gasteiger partial charge in [-0.1, -0.05) is 22.0 Å². The lowest BCUT2D eigenvalue weighted by molar-refractivity contribution is 0.0954. The van der Waals surface area contributed by atoms with E-state index in [0.717, 1.165) is 10.2 Å². The average molecular weight is 309 g/mol. The highest BCUT2D eigenvalue weighted by Crippen LogP contribution is 2.11. The molecule has 0 aliphatic carbocycles. The monoisotopic (exact) mass is 308 g/mol. The molecule has 1 aromatic heterocycles. The second kappa shape index (κ2) is 5.82. The van der Waals surface area contributed by atoms with E-state index in [1.807, 2.05) is 12.1 Å². The average Bonchev–Trinajstić information content (AvgIpc) is 2.75. The summed E-state index contributed by atoms with van der Waals surface area (Å²) < 4.78 is 5.98. The Bertz CT molecular complexity index is 551. The van der Waals surface area contributed by atoms with Gasteiger partial charge in [0, 0.05) is 29.9 Å². The van der Waals surface area contributed by atoms with Gasteiger partial charge in [0.15, 0.2) is 5.89 Å². The van der Waals surface area contributed by atoms with Crippen LogP contribution in [0.1, 0.15) is 21.9 Å². The molecule has 0 radical (unpaired) electrons. The van der Waals surface area contributed by atoms with Gasteiger partial charge in [-0.25, -0.2) is 4.98 Å². The van der Waals surface area contributed by atoms with Crippen LogP contribution in [-0.2, 0) is 6.42 Å². The third-order valence-electron chi connectivity index (χ3n) is 2.42. The first-order chi connectivity index (χ1) is 8.65. The van der Waals surface area contributed by atoms with E-state index in [-0.39, 0.29) is 5.91 Å². The summed E-state index contributed by atoms with van der Waals surface area (Å²) >= 11 is 3.34. The van der Waals surface area contributed by atoms with E-state index in [9.17, 15) is 4.79 Å². The maximum Gasteiger partial charge on any atom is 0.251 e. The lowest BCUT2D eigenvalue weighted by Gasteiger charge is -2.04. The molecule has 0 spiro atoms. The number of hydrogen-bond acceptors (Lipinski definition) is 3. The summed E-state index contributed by atoms with van der Waals surface area (Å²) in [5, 5.41) is 2.84. The van der Waals surface area contributed by atoms with Gasteiger partial charge in [-0.15, -0.1) is 0 Å². The molecular formula is C13H13BrN2O2. The highest BCUT2D eigenvalue weighted by atomic mass is 79.9. The van der Waals surface area contributed by atoms with Gasteiger partial charge < -0.3 is 9.73 Å². The molecule has 18 heavy (non-hydrogen) atoms. The molecule has 0 unspecified atom stereocenters. The zero-order valence-electron chi connectivity index (χ0n) is 9.94. The van der Waals surface area contributed by atoms with Gasteiger partial charge in [-0.3, -0.25) is 4.79 Å². The molecule has 0 bridgehead atoms. The number of aryl methyl sites for hydroxylation is 1. The largest absolute Gasteiger partial charge is 0.449 e. The van der Waals surface area contributed by atoms with Crippen molar-refractivity contribution in [1.29, 1.82) is 0 Å². The Kier molecular flexibility index (Phi) is 4.15. The summed E-state index contributed by atoms with van der Waals surface area (Å²) in [7, 11) is 0. The van der Waals surface area contributed by atoms with Crippen molar-refractivity contribution < 1.29 is 9.21 Å². The van der Waals surface area contributed by atoms with Crippen LogP contribution < -0.4 is 5.32 Å². The first-order valence-electron chi connectivity index (χ1n) is 5.60. The Labute approximate surface area is 114 Å². The van der Waals surface area contributed by atoms with E-state index in [1.165, 1.54) is 0 Å². The quantitative estimate of drug-likeness (QED) is 0.945. The van der Waals surface area contributed by atoms with Crippen molar-refractivity contribution in [1.82, 2.24) is 10.3 Å². The van der Waals surface area contributed by atoms with Crippen LogP contribution in [0.15, 0.2) is 39.4 Å². The molecule has 4 nitrogen and oxygen atoms in total. The molecule has 0 saturated heterocycles. The van der Waals surface area contributed by atoms with Crippen molar-refractivity contribution >= 4 is 21.8 Å². The third-order valence-corrected chi connectivity index (χ3v) is 2.91. The van der Waals surface area contributed by atoms with Crippen LogP contribution in [0, 0.1) is 6.92 Å². The van der Waals surface area contributed by atoms with Gasteiger partial charge in [-0.2, -0.15) is 0 Å². The topological polar surface area (TPSA) is 55.1 Å². The highest BCUT2D eigenvalue weighted by molar-refractivity contribution is 9.10. The van der Waals surface area contributed by atoms with Crippen LogP contribution >= 0.6 is 15.9 Å². The van der Waals surface area contributed by atoms with Crippen LogP contribution in [0.2, 0.25) is 0 Å². The maximum atomic E-state index is 11.8. The second-order valence-electron chi connectivity index (χ2n) is 3.87. The van der Waals surface area contributed by atoms with Crippen LogP contribution in [0.3, 0.4) is 0 Å². The molecule has 2 aromatic rings. The fourth-order valence-corrected chi connectivity index (χ4v) is 1.96. The molecule has 0 saturated carbocycles. The molecular weight excluding hydrogens is 296 g/mol. The molecule has 2 rings (SSSR count). The molecule has 1 N–H and O–H groups in total. The van der Waals surface area contributed by atoms with Gasteiger partial charge in [0.1, 0.15) is 6.26 Å². The van der Waals surface area contributed by atoms with E-state index >= 15 is 0 Å². The Hall–Kier alpha value is -1.62. The van der Waals surface area contributed by atoms with Crippen molar-refractivity contribution in [3.8, 4) is 0 Å². The summed E-state index contributed by atoms with van der Waals surface area (Å²) in [5.41, 5.74) is 1.49. The van der Waals surface area contributed by atoms with Gasteiger partial charge in [0.2, 0.25) is 0 Å². The zero-order valence-corrected chi connectivity index (χ0v) is 11.5. The molecule has 1 aromatic carbocycles. The molecule has 1 heterocycles. The van der Waals surface area contributed by atoms with E-state index in [2.05, 4.69) is 26.2 Å². The van der Waals surface area contributed by atoms with Crippen LogP contribution in [0.4, 0.5) is 0 Å². The first-order valence-corrected chi connectivity index (χ1v) is 6.39. The van der Waals surface area contributed by atoms with Crippen molar-refractivity contribution in [2.45, 2.75) is 13.3 Å². The number of hydrogen-bond donors (Lipinski definition) is 1. The van der Waals surface area contributed by atoms with Gasteiger partial charge in [0.05, 0.1) is 5.69 Å². The molecule has 1 amide bonds. The minimum Gasteiger partial charge on any atom is -0.449 e. The number of nitrogens with one attached hydrogen (secondary N) is 1. The predicted octanol–water partition coefficient (Wildman–Crippen LogP) is 2.72. The van der Waals surface area contributed by atoms with Crippen molar-refractivity contribution in [3.05, 3.63) is 52.1 Å². The SMILES string of the molecule is Cc1nc(CCNC(=O)c2cccc(Br)c2)co1. The zero-order chi connectivity index (χ0) is 13.0. The highest BCUT2D eigenvalue weighted by Gasteiger charge is 2.06. The van der Waals surface area contributed by atoms with Crippen LogP contribution in [0.5, 0.6) is 0 Å². The minimum atomic E-state index is -0.0866. The molecule has 0 aliphatic heterocycles. The number of carbonyl (C=O) groups is 1. The maximum absolute atomic E-state index is 11.8. The van der Waals surface area contributed by atoms with Gasteiger partial charge in [-0.05, 0) is 18.2 Å². The first kappa shape index (κ1) is 12.8. The number of nitrogens with zero attached hydrogens (tertiary/aromatic N) is 1. The Balaban J connectivity index is 1.85. The Morgan fingerprint density at radius 2 is 2.33 bits per heavy atom. The van der Waals surface area contributed by atoms with Crippen molar-refractivity contribution in [2.24, 2.45) is 0 Å². The van der Waals surface area contributed by atoms with E-state index < -0.39 is 0 Å². The minimum absolute atomic E-state index is 0.0866. The number of halogens is 1. The lowest BCUT2D eigenvalue weighted by atomic mass is 10.2. The fourth-order valence-electron chi connectivity index (χ4n) is 1.56. The van der Waals surface area contributed by atoms with E-state index in [4.69, 9.17) is 4.42 Å². The van der Waals surface area contributed by atoms with Crippen molar-refractivity contribution in [3.63, 3.8) is 0 Å². The Morgan fingerprint density at radius 1 is 1.50 bits per heavy atom. The number of oxazole rings is 1. The van der Waals surface area contributed by atoms with Gasteiger partial charge >= 0.3 is 0 Å². The molecule has 5 heteroatoms. The number of carbonyl (C=O) groups excluding carboxylic acids is 1. The second-order valence-corrected chi connectivity index (χ2v) is 4.79. The summed E-state index contributed by atoms with van der Waals surface area (Å²) in [6.07, 6.45) is 2.28. The summed E-state index contributed by atoms with van der Waals surface area (Å²) in [6.45, 7) is 2.33. The molecule has 0 atom stereocenters. The van der Waals surface area contributed by atoms with Crippen LogP contribution in [0.25, 0.3) is 0 Å². The number of rotatable bonds is 4. The predicted molar refractivity (Wildman–Crippen MR) is 71.4 cm³/mol. The lowest BCUT2D eigenvalue weighted by Crippen LogP contribution is -2.25. The number of aromatic nitrogens is 1. The van der Waals surface area contributed by atoms with Gasteiger partial charge in [0.25, 0.3) is 5.91 Å². The standard InChI is InChI=1S/C13H13BrN2O2/c1-9-16-12(8-18-9)5-6-15-13(17)10-3-2-4-11(14)7-10/h2-4,7-8H,5-6H2,1H3,(H,15,17). The summed E-state index contributed by atoms with van der Waals surface area (Å²) in [4.78, 5) is 16.0. The fraction of sp³-hybridized carbons (Fsp3) is 0.231. The molecule has 0 aliphatic rings. The normalized spacial score (nSPS) is 10.3. The number of amides is 1. The third kappa shape index (κ3) is 3.43. The van der Waals surface area contributed by atoms with Crippen LogP contribution in [-0.4, -0.2) is 17.4 Å².